The van der Waals surface area contributed by atoms with Gasteiger partial charge in [0.25, 0.3) is 0 Å². The van der Waals surface area contributed by atoms with E-state index in [9.17, 15) is 0 Å². The maximum absolute atomic E-state index is 5.44. The van der Waals surface area contributed by atoms with Crippen molar-refractivity contribution in [1.82, 2.24) is 4.90 Å². The average Bonchev–Trinajstić information content (AvgIpc) is 3.37. The minimum Gasteiger partial charge on any atom is -0.379 e. The fourth-order valence-corrected chi connectivity index (χ4v) is 3.41. The molecule has 1 aliphatic heterocycles. The molecule has 1 saturated carbocycles. The molecule has 0 amide bonds. The fourth-order valence-electron chi connectivity index (χ4n) is 3.41. The predicted octanol–water partition coefficient (Wildman–Crippen LogP) is 3.54. The van der Waals surface area contributed by atoms with Crippen LogP contribution in [0.15, 0.2) is 54.6 Å². The third-order valence-corrected chi connectivity index (χ3v) is 4.72. The first kappa shape index (κ1) is 13.1. The molecule has 2 aromatic carbocycles. The molecule has 2 aromatic rings. The minimum absolute atomic E-state index is 0.730. The molecule has 0 bridgehead atoms. The van der Waals surface area contributed by atoms with E-state index in [1.165, 1.54) is 23.1 Å². The Hall–Kier alpha value is -1.64. The molecule has 4 rings (SSSR count). The highest BCUT2D eigenvalue weighted by molar-refractivity contribution is 5.63. The van der Waals surface area contributed by atoms with Gasteiger partial charge in [0.05, 0.1) is 13.2 Å². The van der Waals surface area contributed by atoms with E-state index >= 15 is 0 Å². The van der Waals surface area contributed by atoms with Gasteiger partial charge in [0, 0.05) is 25.0 Å². The van der Waals surface area contributed by atoms with E-state index in [-0.39, 0.29) is 0 Å². The van der Waals surface area contributed by atoms with Crippen LogP contribution in [0.25, 0.3) is 11.1 Å². The Balaban J connectivity index is 1.45. The van der Waals surface area contributed by atoms with Crippen LogP contribution in [0.4, 0.5) is 0 Å². The Bertz CT molecular complexity index is 587. The van der Waals surface area contributed by atoms with Gasteiger partial charge in [0.15, 0.2) is 0 Å². The normalized spacial score (nSPS) is 25.7. The monoisotopic (exact) mass is 279 g/mol. The SMILES string of the molecule is c1ccc(-c2ccc([C@H]3C[C@@H]3N3CCOCC3)cc2)cc1. The Morgan fingerprint density at radius 2 is 1.48 bits per heavy atom. The smallest absolute Gasteiger partial charge is 0.0594 e. The molecule has 2 nitrogen and oxygen atoms in total. The molecular formula is C19H21NO. The molecule has 2 fully saturated rings. The second kappa shape index (κ2) is 5.63. The van der Waals surface area contributed by atoms with Crippen LogP contribution in [-0.2, 0) is 4.74 Å². The Morgan fingerprint density at radius 1 is 0.810 bits per heavy atom. The van der Waals surface area contributed by atoms with Gasteiger partial charge in [0.1, 0.15) is 0 Å². The molecule has 1 aliphatic carbocycles. The van der Waals surface area contributed by atoms with Crippen LogP contribution in [0.3, 0.4) is 0 Å². The fraction of sp³-hybridized carbons (Fsp3) is 0.368. The van der Waals surface area contributed by atoms with Gasteiger partial charge in [-0.05, 0) is 23.1 Å². The van der Waals surface area contributed by atoms with E-state index in [0.29, 0.717) is 0 Å². The van der Waals surface area contributed by atoms with Gasteiger partial charge >= 0.3 is 0 Å². The molecule has 0 unspecified atom stereocenters. The van der Waals surface area contributed by atoms with Crippen molar-refractivity contribution in [1.29, 1.82) is 0 Å². The number of rotatable bonds is 3. The first-order valence-electron chi connectivity index (χ1n) is 7.89. The van der Waals surface area contributed by atoms with Gasteiger partial charge in [-0.15, -0.1) is 0 Å². The molecule has 2 heteroatoms. The summed E-state index contributed by atoms with van der Waals surface area (Å²) in [5.41, 5.74) is 4.10. The lowest BCUT2D eigenvalue weighted by atomic mass is 10.0. The van der Waals surface area contributed by atoms with Crippen LogP contribution < -0.4 is 0 Å². The standard InChI is InChI=1S/C19H21NO/c1-2-4-15(5-3-1)16-6-8-17(9-7-16)18-14-19(18)20-10-12-21-13-11-20/h1-9,18-19H,10-14H2/t18-,19+/m1/s1. The Kier molecular flexibility index (Phi) is 3.50. The molecular weight excluding hydrogens is 258 g/mol. The molecule has 0 N–H and O–H groups in total. The largest absolute Gasteiger partial charge is 0.379 e. The number of ether oxygens (including phenoxy) is 1. The van der Waals surface area contributed by atoms with Crippen LogP contribution in [0, 0.1) is 0 Å². The molecule has 2 aliphatic rings. The average molecular weight is 279 g/mol. The summed E-state index contributed by atoms with van der Waals surface area (Å²) >= 11 is 0. The molecule has 108 valence electrons. The lowest BCUT2D eigenvalue weighted by molar-refractivity contribution is 0.0331. The molecule has 21 heavy (non-hydrogen) atoms. The van der Waals surface area contributed by atoms with Gasteiger partial charge in [-0.25, -0.2) is 0 Å². The summed E-state index contributed by atoms with van der Waals surface area (Å²) in [6.07, 6.45) is 1.31. The van der Waals surface area contributed by atoms with Crippen molar-refractivity contribution in [3.63, 3.8) is 0 Å². The zero-order valence-corrected chi connectivity index (χ0v) is 12.2. The van der Waals surface area contributed by atoms with Gasteiger partial charge in [-0.1, -0.05) is 54.6 Å². The molecule has 0 spiro atoms. The van der Waals surface area contributed by atoms with Crippen molar-refractivity contribution in [2.75, 3.05) is 26.3 Å². The zero-order chi connectivity index (χ0) is 14.1. The van der Waals surface area contributed by atoms with Crippen LogP contribution >= 0.6 is 0 Å². The molecule has 1 heterocycles. The van der Waals surface area contributed by atoms with Crippen molar-refractivity contribution in [3.8, 4) is 11.1 Å². The highest BCUT2D eigenvalue weighted by atomic mass is 16.5. The number of hydrogen-bond donors (Lipinski definition) is 0. The van der Waals surface area contributed by atoms with Crippen molar-refractivity contribution < 1.29 is 4.74 Å². The summed E-state index contributed by atoms with van der Waals surface area (Å²) < 4.78 is 5.44. The van der Waals surface area contributed by atoms with E-state index in [1.54, 1.807) is 0 Å². The van der Waals surface area contributed by atoms with Crippen molar-refractivity contribution in [2.45, 2.75) is 18.4 Å². The maximum Gasteiger partial charge on any atom is 0.0594 e. The second-order valence-electron chi connectivity index (χ2n) is 6.05. The van der Waals surface area contributed by atoms with Crippen molar-refractivity contribution in [2.24, 2.45) is 0 Å². The summed E-state index contributed by atoms with van der Waals surface area (Å²) in [7, 11) is 0. The highest BCUT2D eigenvalue weighted by Crippen LogP contribution is 2.45. The van der Waals surface area contributed by atoms with Crippen LogP contribution in [0.2, 0.25) is 0 Å². The maximum atomic E-state index is 5.44. The summed E-state index contributed by atoms with van der Waals surface area (Å²) in [4.78, 5) is 2.60. The topological polar surface area (TPSA) is 12.5 Å². The highest BCUT2D eigenvalue weighted by Gasteiger charge is 2.42. The van der Waals surface area contributed by atoms with Crippen molar-refractivity contribution >= 4 is 0 Å². The van der Waals surface area contributed by atoms with Crippen LogP contribution in [0.5, 0.6) is 0 Å². The Morgan fingerprint density at radius 3 is 2.19 bits per heavy atom. The number of benzene rings is 2. The van der Waals surface area contributed by atoms with E-state index in [4.69, 9.17) is 4.74 Å². The predicted molar refractivity (Wildman–Crippen MR) is 85.4 cm³/mol. The summed E-state index contributed by atoms with van der Waals surface area (Å²) in [5, 5.41) is 0. The number of hydrogen-bond acceptors (Lipinski definition) is 2. The van der Waals surface area contributed by atoms with Gasteiger partial charge in [0.2, 0.25) is 0 Å². The molecule has 0 radical (unpaired) electrons. The van der Waals surface area contributed by atoms with E-state index in [1.807, 2.05) is 0 Å². The first-order valence-corrected chi connectivity index (χ1v) is 7.89. The first-order chi connectivity index (χ1) is 10.4. The van der Waals surface area contributed by atoms with Gasteiger partial charge < -0.3 is 4.74 Å². The van der Waals surface area contributed by atoms with E-state index < -0.39 is 0 Å². The van der Waals surface area contributed by atoms with E-state index in [0.717, 1.165) is 38.3 Å². The zero-order valence-electron chi connectivity index (χ0n) is 12.2. The quantitative estimate of drug-likeness (QED) is 0.852. The number of nitrogens with zero attached hydrogens (tertiary/aromatic N) is 1. The third-order valence-electron chi connectivity index (χ3n) is 4.72. The summed E-state index contributed by atoms with van der Waals surface area (Å²) in [6, 6.07) is 20.5. The van der Waals surface area contributed by atoms with Crippen LogP contribution in [-0.4, -0.2) is 37.2 Å². The lowest BCUT2D eigenvalue weighted by Gasteiger charge is -2.27. The summed E-state index contributed by atoms with van der Waals surface area (Å²) in [5.74, 6) is 0.730. The molecule has 0 aromatic heterocycles. The molecule has 2 atom stereocenters. The van der Waals surface area contributed by atoms with Gasteiger partial charge in [-0.3, -0.25) is 4.90 Å². The lowest BCUT2D eigenvalue weighted by Crippen LogP contribution is -2.38. The third kappa shape index (κ3) is 2.74. The van der Waals surface area contributed by atoms with Gasteiger partial charge in [-0.2, -0.15) is 0 Å². The number of morpholine rings is 1. The Labute approximate surface area is 126 Å². The molecule has 1 saturated heterocycles. The minimum atomic E-state index is 0.730. The van der Waals surface area contributed by atoms with Crippen molar-refractivity contribution in [3.05, 3.63) is 60.2 Å². The summed E-state index contributed by atoms with van der Waals surface area (Å²) in [6.45, 7) is 4.00. The van der Waals surface area contributed by atoms with Crippen LogP contribution in [0.1, 0.15) is 17.9 Å². The second-order valence-corrected chi connectivity index (χ2v) is 6.05. The van der Waals surface area contributed by atoms with E-state index in [2.05, 4.69) is 59.5 Å².